The van der Waals surface area contributed by atoms with Gasteiger partial charge in [0.15, 0.2) is 6.61 Å². The third-order valence-corrected chi connectivity index (χ3v) is 4.19. The van der Waals surface area contributed by atoms with Crippen molar-refractivity contribution in [1.29, 1.82) is 0 Å². The van der Waals surface area contributed by atoms with Gasteiger partial charge in [-0.2, -0.15) is 0 Å². The van der Waals surface area contributed by atoms with Crippen molar-refractivity contribution in [1.82, 2.24) is 10.9 Å². The minimum atomic E-state index is -0.616. The van der Waals surface area contributed by atoms with Gasteiger partial charge < -0.3 is 4.74 Å². The zero-order valence-electron chi connectivity index (χ0n) is 14.3. The van der Waals surface area contributed by atoms with Crippen LogP contribution in [0.4, 0.5) is 8.78 Å². The second kappa shape index (κ2) is 9.19. The molecule has 2 N–H and O–H groups in total. The Morgan fingerprint density at radius 3 is 2.35 bits per heavy atom. The fourth-order valence-electron chi connectivity index (χ4n) is 2.11. The molecule has 138 valence electrons. The number of carbonyl (C=O) groups excluding carboxylic acids is 2. The van der Waals surface area contributed by atoms with E-state index in [1.807, 2.05) is 19.9 Å². The molecular weight excluding hydrogens is 362 g/mol. The monoisotopic (exact) mass is 380 g/mol. The van der Waals surface area contributed by atoms with Gasteiger partial charge in [0.1, 0.15) is 17.4 Å². The Labute approximate surface area is 154 Å². The molecule has 2 rings (SSSR count). The Kier molecular flexibility index (Phi) is 6.97. The van der Waals surface area contributed by atoms with Gasteiger partial charge in [-0.3, -0.25) is 20.4 Å². The molecule has 2 amide bonds. The molecule has 0 saturated heterocycles. The lowest BCUT2D eigenvalue weighted by Crippen LogP contribution is -2.44. The van der Waals surface area contributed by atoms with Crippen LogP contribution in [-0.4, -0.2) is 24.2 Å². The van der Waals surface area contributed by atoms with Crippen LogP contribution >= 0.6 is 11.8 Å². The summed E-state index contributed by atoms with van der Waals surface area (Å²) in [6.07, 6.45) is 0. The first-order chi connectivity index (χ1) is 12.3. The standard InChI is InChI=1S/C18H18F2N2O3S/c1-11-5-12(2)7-14(6-11)25-9-17(23)21-22-18(24)10-26-16-8-13(19)3-4-15(16)20/h3-8H,9-10H2,1-2H3,(H,21,23)(H,22,24). The van der Waals surface area contributed by atoms with Crippen molar-refractivity contribution in [3.8, 4) is 5.75 Å². The summed E-state index contributed by atoms with van der Waals surface area (Å²) in [5.41, 5.74) is 6.41. The quantitative estimate of drug-likeness (QED) is 0.597. The predicted octanol–water partition coefficient (Wildman–Crippen LogP) is 2.90. The highest BCUT2D eigenvalue weighted by molar-refractivity contribution is 8.00. The number of carbonyl (C=O) groups is 2. The maximum absolute atomic E-state index is 13.4. The maximum atomic E-state index is 13.4. The van der Waals surface area contributed by atoms with E-state index in [1.54, 1.807) is 12.1 Å². The average Bonchev–Trinajstić information content (AvgIpc) is 2.58. The molecule has 0 radical (unpaired) electrons. The topological polar surface area (TPSA) is 67.4 Å². The average molecular weight is 380 g/mol. The fraction of sp³-hybridized carbons (Fsp3) is 0.222. The Morgan fingerprint density at radius 1 is 1.00 bits per heavy atom. The first-order valence-electron chi connectivity index (χ1n) is 7.70. The maximum Gasteiger partial charge on any atom is 0.276 e. The lowest BCUT2D eigenvalue weighted by Gasteiger charge is -2.10. The second-order valence-electron chi connectivity index (χ2n) is 5.57. The van der Waals surface area contributed by atoms with Gasteiger partial charge in [-0.25, -0.2) is 8.78 Å². The smallest absolute Gasteiger partial charge is 0.276 e. The van der Waals surface area contributed by atoms with Gasteiger partial charge in [-0.05, 0) is 55.3 Å². The van der Waals surface area contributed by atoms with Gasteiger partial charge in [-0.15, -0.1) is 11.8 Å². The summed E-state index contributed by atoms with van der Waals surface area (Å²) >= 11 is 0.825. The van der Waals surface area contributed by atoms with Gasteiger partial charge >= 0.3 is 0 Å². The van der Waals surface area contributed by atoms with Crippen LogP contribution in [0.15, 0.2) is 41.3 Å². The summed E-state index contributed by atoms with van der Waals surface area (Å²) in [6, 6.07) is 8.55. The number of nitrogens with one attached hydrogen (secondary N) is 2. The molecule has 0 heterocycles. The van der Waals surface area contributed by atoms with Crippen molar-refractivity contribution >= 4 is 23.6 Å². The second-order valence-corrected chi connectivity index (χ2v) is 6.59. The lowest BCUT2D eigenvalue weighted by molar-refractivity contribution is -0.128. The summed E-state index contributed by atoms with van der Waals surface area (Å²) in [4.78, 5) is 23.4. The molecule has 0 spiro atoms. The van der Waals surface area contributed by atoms with Crippen LogP contribution < -0.4 is 15.6 Å². The zero-order chi connectivity index (χ0) is 19.1. The first kappa shape index (κ1) is 19.7. The Bertz CT molecular complexity index is 795. The number of thioether (sulfide) groups is 1. The highest BCUT2D eigenvalue weighted by Crippen LogP contribution is 2.22. The highest BCUT2D eigenvalue weighted by atomic mass is 32.2. The van der Waals surface area contributed by atoms with Crippen molar-refractivity contribution in [3.05, 3.63) is 59.2 Å². The van der Waals surface area contributed by atoms with Gasteiger partial charge in [-0.1, -0.05) is 6.07 Å². The molecule has 0 atom stereocenters. The van der Waals surface area contributed by atoms with Crippen LogP contribution in [0.5, 0.6) is 5.75 Å². The van der Waals surface area contributed by atoms with E-state index in [1.165, 1.54) is 0 Å². The molecule has 0 aromatic heterocycles. The van der Waals surface area contributed by atoms with Crippen LogP contribution in [0.25, 0.3) is 0 Å². The third-order valence-electron chi connectivity index (χ3n) is 3.16. The SMILES string of the molecule is Cc1cc(C)cc(OCC(=O)NNC(=O)CSc2cc(F)ccc2F)c1. The molecule has 0 unspecified atom stereocenters. The first-order valence-corrected chi connectivity index (χ1v) is 8.68. The summed E-state index contributed by atoms with van der Waals surface area (Å²) in [7, 11) is 0. The molecule has 5 nitrogen and oxygen atoms in total. The number of aryl methyl sites for hydroxylation is 2. The van der Waals surface area contributed by atoms with E-state index in [9.17, 15) is 18.4 Å². The van der Waals surface area contributed by atoms with Gasteiger partial charge in [0, 0.05) is 4.90 Å². The summed E-state index contributed by atoms with van der Waals surface area (Å²) in [6.45, 7) is 3.56. The number of hydrogen-bond acceptors (Lipinski definition) is 4. The molecule has 0 bridgehead atoms. The van der Waals surface area contributed by atoms with Crippen LogP contribution in [0, 0.1) is 25.5 Å². The zero-order valence-corrected chi connectivity index (χ0v) is 15.1. The number of rotatable bonds is 6. The summed E-state index contributed by atoms with van der Waals surface area (Å²) in [5, 5.41) is 0. The Hall–Kier alpha value is -2.61. The van der Waals surface area contributed by atoms with Crippen LogP contribution in [-0.2, 0) is 9.59 Å². The van der Waals surface area contributed by atoms with Crippen molar-refractivity contribution in [2.75, 3.05) is 12.4 Å². The molecule has 0 aliphatic carbocycles. The number of benzene rings is 2. The molecule has 0 aliphatic heterocycles. The molecule has 0 aliphatic rings. The third kappa shape index (κ3) is 6.36. The van der Waals surface area contributed by atoms with Crippen molar-refractivity contribution in [2.45, 2.75) is 18.7 Å². The Balaban J connectivity index is 1.72. The molecule has 0 fully saturated rings. The summed E-state index contributed by atoms with van der Waals surface area (Å²) in [5.74, 6) is -1.93. The van der Waals surface area contributed by atoms with Crippen molar-refractivity contribution < 1.29 is 23.1 Å². The van der Waals surface area contributed by atoms with Gasteiger partial charge in [0.05, 0.1) is 5.75 Å². The lowest BCUT2D eigenvalue weighted by atomic mass is 10.1. The van der Waals surface area contributed by atoms with E-state index in [0.717, 1.165) is 41.1 Å². The molecule has 8 heteroatoms. The minimum absolute atomic E-state index is 0.0182. The number of ether oxygens (including phenoxy) is 1. The molecule has 0 saturated carbocycles. The van der Waals surface area contributed by atoms with Gasteiger partial charge in [0.25, 0.3) is 5.91 Å². The number of halogens is 2. The van der Waals surface area contributed by atoms with Crippen molar-refractivity contribution in [2.24, 2.45) is 0 Å². The highest BCUT2D eigenvalue weighted by Gasteiger charge is 2.10. The van der Waals surface area contributed by atoms with Crippen LogP contribution in [0.3, 0.4) is 0 Å². The summed E-state index contributed by atoms with van der Waals surface area (Å²) < 4.78 is 31.9. The predicted molar refractivity (Wildman–Crippen MR) is 94.8 cm³/mol. The molecule has 2 aromatic carbocycles. The molecule has 26 heavy (non-hydrogen) atoms. The van der Waals surface area contributed by atoms with E-state index < -0.39 is 23.4 Å². The number of hydrazine groups is 1. The fourth-order valence-corrected chi connectivity index (χ4v) is 2.87. The minimum Gasteiger partial charge on any atom is -0.484 e. The van der Waals surface area contributed by atoms with Crippen LogP contribution in [0.2, 0.25) is 0 Å². The Morgan fingerprint density at radius 2 is 1.65 bits per heavy atom. The van der Waals surface area contributed by atoms with E-state index in [2.05, 4.69) is 10.9 Å². The van der Waals surface area contributed by atoms with Crippen molar-refractivity contribution in [3.63, 3.8) is 0 Å². The van der Waals surface area contributed by atoms with Gasteiger partial charge in [0.2, 0.25) is 5.91 Å². The largest absolute Gasteiger partial charge is 0.484 e. The normalized spacial score (nSPS) is 10.3. The van der Waals surface area contributed by atoms with E-state index in [0.29, 0.717) is 5.75 Å². The van der Waals surface area contributed by atoms with E-state index >= 15 is 0 Å². The molecule has 2 aromatic rings. The molecular formula is C18H18F2N2O3S. The van der Waals surface area contributed by atoms with Crippen LogP contribution in [0.1, 0.15) is 11.1 Å². The number of hydrogen-bond donors (Lipinski definition) is 2. The van der Waals surface area contributed by atoms with E-state index in [-0.39, 0.29) is 17.3 Å². The number of amides is 2. The van der Waals surface area contributed by atoms with E-state index in [4.69, 9.17) is 4.74 Å².